The molecule has 0 aromatic carbocycles. The van der Waals surface area contributed by atoms with E-state index in [1.165, 1.54) is 15.3 Å². The van der Waals surface area contributed by atoms with Gasteiger partial charge in [0.15, 0.2) is 0 Å². The van der Waals surface area contributed by atoms with Crippen molar-refractivity contribution < 1.29 is 0 Å². The fraction of sp³-hybridized carbons (Fsp3) is 0.462. The molecule has 1 N–H and O–H groups in total. The number of thiophene rings is 1. The molecule has 0 fully saturated rings. The van der Waals surface area contributed by atoms with Gasteiger partial charge in [-0.2, -0.15) is 5.10 Å². The van der Waals surface area contributed by atoms with Gasteiger partial charge in [-0.3, -0.25) is 4.68 Å². The molecule has 3 nitrogen and oxygen atoms in total. The van der Waals surface area contributed by atoms with Gasteiger partial charge < -0.3 is 5.32 Å². The summed E-state index contributed by atoms with van der Waals surface area (Å²) >= 11 is 1.91. The minimum atomic E-state index is 0.354. The molecule has 4 heteroatoms. The highest BCUT2D eigenvalue weighted by Crippen LogP contribution is 2.23. The van der Waals surface area contributed by atoms with Gasteiger partial charge in [0.2, 0.25) is 0 Å². The Morgan fingerprint density at radius 2 is 2.18 bits per heavy atom. The molecule has 0 saturated carbocycles. The minimum Gasteiger partial charge on any atom is -0.313 e. The second-order valence-corrected chi connectivity index (χ2v) is 5.47. The van der Waals surface area contributed by atoms with E-state index in [0.717, 1.165) is 12.8 Å². The number of nitrogens with zero attached hydrogens (tertiary/aromatic N) is 2. The van der Waals surface area contributed by atoms with Crippen LogP contribution < -0.4 is 5.32 Å². The van der Waals surface area contributed by atoms with Crippen LogP contribution in [0.25, 0.3) is 0 Å². The molecule has 1 atom stereocenters. The molecule has 1 unspecified atom stereocenters. The van der Waals surface area contributed by atoms with Crippen molar-refractivity contribution in [2.24, 2.45) is 7.05 Å². The fourth-order valence-corrected chi connectivity index (χ4v) is 2.93. The van der Waals surface area contributed by atoms with E-state index in [1.54, 1.807) is 0 Å². The van der Waals surface area contributed by atoms with E-state index in [-0.39, 0.29) is 0 Å². The number of hydrogen-bond acceptors (Lipinski definition) is 3. The van der Waals surface area contributed by atoms with Crippen LogP contribution in [0.3, 0.4) is 0 Å². The maximum absolute atomic E-state index is 4.23. The van der Waals surface area contributed by atoms with Gasteiger partial charge in [-0.1, -0.05) is 6.92 Å². The van der Waals surface area contributed by atoms with Gasteiger partial charge >= 0.3 is 0 Å². The third-order valence-electron chi connectivity index (χ3n) is 2.95. The number of rotatable bonds is 5. The van der Waals surface area contributed by atoms with Gasteiger partial charge in [0.1, 0.15) is 0 Å². The Kier molecular flexibility index (Phi) is 3.97. The van der Waals surface area contributed by atoms with Crippen molar-refractivity contribution in [2.45, 2.75) is 25.8 Å². The predicted octanol–water partition coefficient (Wildman–Crippen LogP) is 2.55. The van der Waals surface area contributed by atoms with E-state index in [4.69, 9.17) is 0 Å². The molecule has 0 radical (unpaired) electrons. The molecule has 2 rings (SSSR count). The van der Waals surface area contributed by atoms with Gasteiger partial charge in [0.05, 0.1) is 6.20 Å². The highest BCUT2D eigenvalue weighted by Gasteiger charge is 2.12. The molecule has 17 heavy (non-hydrogen) atoms. The van der Waals surface area contributed by atoms with E-state index in [2.05, 4.69) is 35.7 Å². The van der Waals surface area contributed by atoms with Crippen LogP contribution >= 0.6 is 11.3 Å². The molecule has 0 bridgehead atoms. The van der Waals surface area contributed by atoms with Crippen LogP contribution in [0, 0.1) is 0 Å². The smallest absolute Gasteiger partial charge is 0.0537 e. The van der Waals surface area contributed by atoms with Gasteiger partial charge in [-0.05, 0) is 25.6 Å². The minimum absolute atomic E-state index is 0.354. The van der Waals surface area contributed by atoms with Crippen LogP contribution in [-0.2, 0) is 19.9 Å². The van der Waals surface area contributed by atoms with Crippen LogP contribution in [0.2, 0.25) is 0 Å². The molecule has 0 spiro atoms. The molecule has 92 valence electrons. The second-order valence-electron chi connectivity index (χ2n) is 4.21. The van der Waals surface area contributed by atoms with Crippen LogP contribution in [0.4, 0.5) is 0 Å². The average Bonchev–Trinajstić information content (AvgIpc) is 2.94. The lowest BCUT2D eigenvalue weighted by Crippen LogP contribution is -2.17. The van der Waals surface area contributed by atoms with Crippen LogP contribution in [0.1, 0.15) is 28.3 Å². The largest absolute Gasteiger partial charge is 0.313 e. The van der Waals surface area contributed by atoms with E-state index >= 15 is 0 Å². The average molecular weight is 249 g/mol. The molecule has 2 heterocycles. The standard InChI is InChI=1S/C13H19N3S/c1-4-11-5-6-12(17-11)7-13(14-2)10-8-15-16(3)9-10/h5-6,8-9,13-14H,4,7H2,1-3H3. The first kappa shape index (κ1) is 12.3. The van der Waals surface area contributed by atoms with Gasteiger partial charge in [0.25, 0.3) is 0 Å². The molecule has 2 aromatic rings. The predicted molar refractivity (Wildman–Crippen MR) is 72.4 cm³/mol. The molecular formula is C13H19N3S. The van der Waals surface area contributed by atoms with E-state index in [9.17, 15) is 0 Å². The highest BCUT2D eigenvalue weighted by molar-refractivity contribution is 7.11. The first-order valence-electron chi connectivity index (χ1n) is 5.96. The number of likely N-dealkylation sites (N-methyl/N-ethyl adjacent to an activating group) is 1. The molecular weight excluding hydrogens is 230 g/mol. The molecule has 0 aliphatic rings. The Bertz CT molecular complexity index is 472. The zero-order chi connectivity index (χ0) is 12.3. The van der Waals surface area contributed by atoms with E-state index in [0.29, 0.717) is 6.04 Å². The summed E-state index contributed by atoms with van der Waals surface area (Å²) in [5.41, 5.74) is 1.25. The Labute approximate surface area is 106 Å². The summed E-state index contributed by atoms with van der Waals surface area (Å²) < 4.78 is 1.85. The Morgan fingerprint density at radius 3 is 2.71 bits per heavy atom. The lowest BCUT2D eigenvalue weighted by Gasteiger charge is -2.12. The summed E-state index contributed by atoms with van der Waals surface area (Å²) in [6.45, 7) is 2.20. The normalized spacial score (nSPS) is 12.9. The van der Waals surface area contributed by atoms with Gasteiger partial charge in [-0.15, -0.1) is 11.3 Å². The zero-order valence-corrected chi connectivity index (χ0v) is 11.4. The third kappa shape index (κ3) is 2.96. The Morgan fingerprint density at radius 1 is 1.41 bits per heavy atom. The number of hydrogen-bond donors (Lipinski definition) is 1. The summed E-state index contributed by atoms with van der Waals surface area (Å²) in [6, 6.07) is 4.83. The third-order valence-corrected chi connectivity index (χ3v) is 4.20. The Balaban J connectivity index is 2.09. The number of aromatic nitrogens is 2. The molecule has 2 aromatic heterocycles. The summed E-state index contributed by atoms with van der Waals surface area (Å²) in [5, 5.41) is 7.59. The molecule has 0 aliphatic heterocycles. The monoisotopic (exact) mass is 249 g/mol. The topological polar surface area (TPSA) is 29.9 Å². The maximum atomic E-state index is 4.23. The van der Waals surface area contributed by atoms with Gasteiger partial charge in [0, 0.05) is 41.0 Å². The molecule has 0 amide bonds. The van der Waals surface area contributed by atoms with Crippen molar-refractivity contribution in [3.63, 3.8) is 0 Å². The highest BCUT2D eigenvalue weighted by atomic mass is 32.1. The summed E-state index contributed by atoms with van der Waals surface area (Å²) in [6.07, 6.45) is 6.18. The quantitative estimate of drug-likeness (QED) is 0.882. The zero-order valence-electron chi connectivity index (χ0n) is 10.6. The lowest BCUT2D eigenvalue weighted by molar-refractivity contribution is 0.596. The van der Waals surface area contributed by atoms with Crippen molar-refractivity contribution in [1.82, 2.24) is 15.1 Å². The first-order chi connectivity index (χ1) is 8.22. The lowest BCUT2D eigenvalue weighted by atomic mass is 10.1. The van der Waals surface area contributed by atoms with E-state index in [1.807, 2.05) is 36.3 Å². The maximum Gasteiger partial charge on any atom is 0.0537 e. The van der Waals surface area contributed by atoms with Gasteiger partial charge in [-0.25, -0.2) is 0 Å². The van der Waals surface area contributed by atoms with Crippen LogP contribution in [-0.4, -0.2) is 16.8 Å². The summed E-state index contributed by atoms with van der Waals surface area (Å²) in [5.74, 6) is 0. The first-order valence-corrected chi connectivity index (χ1v) is 6.78. The molecule has 0 aliphatic carbocycles. The van der Waals surface area contributed by atoms with Crippen LogP contribution in [0.5, 0.6) is 0 Å². The van der Waals surface area contributed by atoms with Crippen molar-refractivity contribution in [1.29, 1.82) is 0 Å². The number of aryl methyl sites for hydroxylation is 2. The van der Waals surface area contributed by atoms with Crippen molar-refractivity contribution in [2.75, 3.05) is 7.05 Å². The van der Waals surface area contributed by atoms with Crippen molar-refractivity contribution in [3.05, 3.63) is 39.8 Å². The van der Waals surface area contributed by atoms with Crippen LogP contribution in [0.15, 0.2) is 24.5 Å². The van der Waals surface area contributed by atoms with Crippen molar-refractivity contribution >= 4 is 11.3 Å². The second kappa shape index (κ2) is 5.47. The Hall–Kier alpha value is -1.13. The molecule has 0 saturated heterocycles. The SMILES string of the molecule is CCc1ccc(CC(NC)c2cnn(C)c2)s1. The fourth-order valence-electron chi connectivity index (χ4n) is 1.93. The number of nitrogens with one attached hydrogen (secondary N) is 1. The summed E-state index contributed by atoms with van der Waals surface area (Å²) in [4.78, 5) is 2.89. The summed E-state index contributed by atoms with van der Waals surface area (Å²) in [7, 11) is 3.96. The van der Waals surface area contributed by atoms with Crippen molar-refractivity contribution in [3.8, 4) is 0 Å². The van der Waals surface area contributed by atoms with E-state index < -0.39 is 0 Å².